The second-order valence-electron chi connectivity index (χ2n) is 6.63. The number of nitrogens with one attached hydrogen (secondary N) is 3. The van der Waals surface area contributed by atoms with Gasteiger partial charge in [0, 0.05) is 11.6 Å². The molecule has 0 aliphatic heterocycles. The Morgan fingerprint density at radius 3 is 2.39 bits per heavy atom. The zero-order chi connectivity index (χ0) is 22.4. The number of rotatable bonds is 8. The topological polar surface area (TPSA) is 130 Å². The van der Waals surface area contributed by atoms with Crippen molar-refractivity contribution in [2.24, 2.45) is 0 Å². The second-order valence-corrected chi connectivity index (χ2v) is 9.46. The third-order valence-corrected chi connectivity index (χ3v) is 6.87. The first-order valence-corrected chi connectivity index (χ1v) is 11.7. The maximum atomic E-state index is 12.8. The zero-order valence-corrected chi connectivity index (χ0v) is 18.5. The van der Waals surface area contributed by atoms with E-state index in [4.69, 9.17) is 0 Å². The van der Waals surface area contributed by atoms with E-state index < -0.39 is 15.9 Å². The molecule has 0 aliphatic carbocycles. The van der Waals surface area contributed by atoms with Crippen LogP contribution in [0, 0.1) is 0 Å². The normalized spacial score (nSPS) is 12.1. The Labute approximate surface area is 184 Å². The molecule has 3 aromatic rings. The van der Waals surface area contributed by atoms with Crippen LogP contribution >= 0.6 is 11.3 Å². The Morgan fingerprint density at radius 2 is 1.68 bits per heavy atom. The number of para-hydroxylation sites is 1. The predicted octanol–water partition coefficient (Wildman–Crippen LogP) is 3.12. The van der Waals surface area contributed by atoms with Crippen LogP contribution in [-0.4, -0.2) is 36.5 Å². The molecule has 0 aliphatic rings. The SMILES string of the molecule is CCC(C)NC(=O)c1ccccc1NS(=O)(=O)c1nnc(NC(=O)c2ccccc2)s1. The smallest absolute Gasteiger partial charge is 0.291 e. The van der Waals surface area contributed by atoms with E-state index in [-0.39, 0.29) is 32.7 Å². The van der Waals surface area contributed by atoms with Crippen LogP contribution in [0.5, 0.6) is 0 Å². The molecule has 1 heterocycles. The summed E-state index contributed by atoms with van der Waals surface area (Å²) in [5.41, 5.74) is 0.711. The molecular formula is C20H21N5O4S2. The Hall–Kier alpha value is -3.31. The zero-order valence-electron chi connectivity index (χ0n) is 16.8. The number of anilines is 2. The van der Waals surface area contributed by atoms with E-state index in [1.165, 1.54) is 12.1 Å². The summed E-state index contributed by atoms with van der Waals surface area (Å²) in [7, 11) is -4.12. The van der Waals surface area contributed by atoms with Gasteiger partial charge in [0.25, 0.3) is 26.2 Å². The molecular weight excluding hydrogens is 438 g/mol. The maximum absolute atomic E-state index is 12.8. The third kappa shape index (κ3) is 5.64. The van der Waals surface area contributed by atoms with Crippen molar-refractivity contribution in [3.63, 3.8) is 0 Å². The highest BCUT2D eigenvalue weighted by Gasteiger charge is 2.24. The molecule has 162 valence electrons. The van der Waals surface area contributed by atoms with Crippen molar-refractivity contribution in [3.05, 3.63) is 65.7 Å². The number of hydrogen-bond acceptors (Lipinski definition) is 7. The van der Waals surface area contributed by atoms with E-state index in [0.29, 0.717) is 16.9 Å². The van der Waals surface area contributed by atoms with Gasteiger partial charge in [-0.05, 0) is 37.6 Å². The molecule has 3 N–H and O–H groups in total. The van der Waals surface area contributed by atoms with Crippen molar-refractivity contribution < 1.29 is 18.0 Å². The summed E-state index contributed by atoms with van der Waals surface area (Å²) in [4.78, 5) is 24.7. The van der Waals surface area contributed by atoms with Gasteiger partial charge in [-0.15, -0.1) is 10.2 Å². The average Bonchev–Trinajstić information content (AvgIpc) is 3.24. The first kappa shape index (κ1) is 22.4. The van der Waals surface area contributed by atoms with Gasteiger partial charge < -0.3 is 5.32 Å². The molecule has 3 rings (SSSR count). The van der Waals surface area contributed by atoms with Gasteiger partial charge in [-0.25, -0.2) is 0 Å². The Morgan fingerprint density at radius 1 is 1.00 bits per heavy atom. The van der Waals surface area contributed by atoms with Gasteiger partial charge in [-0.3, -0.25) is 19.6 Å². The van der Waals surface area contributed by atoms with E-state index in [1.807, 2.05) is 13.8 Å². The Balaban J connectivity index is 1.77. The Bertz CT molecular complexity index is 1180. The van der Waals surface area contributed by atoms with Crippen LogP contribution in [0.25, 0.3) is 0 Å². The fraction of sp³-hybridized carbons (Fsp3) is 0.200. The van der Waals surface area contributed by atoms with Gasteiger partial charge in [-0.1, -0.05) is 48.6 Å². The number of carbonyl (C=O) groups is 2. The van der Waals surface area contributed by atoms with Gasteiger partial charge in [0.05, 0.1) is 11.3 Å². The second kappa shape index (κ2) is 9.67. The van der Waals surface area contributed by atoms with Crippen molar-refractivity contribution in [1.29, 1.82) is 0 Å². The summed E-state index contributed by atoms with van der Waals surface area (Å²) in [5, 5.41) is 12.8. The summed E-state index contributed by atoms with van der Waals surface area (Å²) in [6.45, 7) is 3.79. The molecule has 9 nitrogen and oxygen atoms in total. The highest BCUT2D eigenvalue weighted by molar-refractivity contribution is 7.94. The first-order chi connectivity index (χ1) is 14.8. The number of sulfonamides is 1. The standard InChI is InChI=1S/C20H21N5O4S2/c1-3-13(2)21-18(27)15-11-7-8-12-16(15)25-31(28,29)20-24-23-19(30-20)22-17(26)14-9-5-4-6-10-14/h4-13,25H,3H2,1-2H3,(H,21,27)(H,22,23,26). The minimum absolute atomic E-state index is 0.0389. The highest BCUT2D eigenvalue weighted by atomic mass is 32.2. The van der Waals surface area contributed by atoms with Crippen LogP contribution in [0.1, 0.15) is 41.0 Å². The van der Waals surface area contributed by atoms with Crippen molar-refractivity contribution in [2.45, 2.75) is 30.6 Å². The van der Waals surface area contributed by atoms with Crippen LogP contribution in [0.4, 0.5) is 10.8 Å². The van der Waals surface area contributed by atoms with Gasteiger partial charge in [0.1, 0.15) is 0 Å². The van der Waals surface area contributed by atoms with Crippen molar-refractivity contribution >= 4 is 44.0 Å². The lowest BCUT2D eigenvalue weighted by Gasteiger charge is -2.14. The van der Waals surface area contributed by atoms with E-state index in [0.717, 1.165) is 6.42 Å². The molecule has 1 atom stereocenters. The highest BCUT2D eigenvalue weighted by Crippen LogP contribution is 2.25. The first-order valence-electron chi connectivity index (χ1n) is 9.42. The summed E-state index contributed by atoms with van der Waals surface area (Å²) in [5.74, 6) is -0.818. The summed E-state index contributed by atoms with van der Waals surface area (Å²) >= 11 is 0.705. The van der Waals surface area contributed by atoms with E-state index >= 15 is 0 Å². The van der Waals surface area contributed by atoms with Crippen molar-refractivity contribution in [2.75, 3.05) is 10.0 Å². The maximum Gasteiger partial charge on any atom is 0.291 e. The largest absolute Gasteiger partial charge is 0.350 e. The molecule has 1 aromatic heterocycles. The van der Waals surface area contributed by atoms with Crippen molar-refractivity contribution in [1.82, 2.24) is 15.5 Å². The lowest BCUT2D eigenvalue weighted by Crippen LogP contribution is -2.32. The van der Waals surface area contributed by atoms with Gasteiger partial charge in [-0.2, -0.15) is 8.42 Å². The van der Waals surface area contributed by atoms with E-state index in [2.05, 4.69) is 25.6 Å². The van der Waals surface area contributed by atoms with Gasteiger partial charge >= 0.3 is 0 Å². The Kier molecular flexibility index (Phi) is 6.98. The molecule has 2 amide bonds. The number of carbonyl (C=O) groups excluding carboxylic acids is 2. The minimum atomic E-state index is -4.12. The molecule has 0 fully saturated rings. The van der Waals surface area contributed by atoms with E-state index in [9.17, 15) is 18.0 Å². The summed E-state index contributed by atoms with van der Waals surface area (Å²) in [6.07, 6.45) is 0.738. The van der Waals surface area contributed by atoms with E-state index in [1.54, 1.807) is 42.5 Å². The third-order valence-electron chi connectivity index (χ3n) is 4.30. The average molecular weight is 460 g/mol. The minimum Gasteiger partial charge on any atom is -0.350 e. The lowest BCUT2D eigenvalue weighted by molar-refractivity contribution is 0.0939. The van der Waals surface area contributed by atoms with Gasteiger partial charge in [0.15, 0.2) is 0 Å². The molecule has 0 spiro atoms. The number of hydrogen-bond donors (Lipinski definition) is 3. The molecule has 0 saturated heterocycles. The lowest BCUT2D eigenvalue weighted by atomic mass is 10.1. The monoisotopic (exact) mass is 459 g/mol. The quantitative estimate of drug-likeness (QED) is 0.444. The molecule has 0 radical (unpaired) electrons. The molecule has 1 unspecified atom stereocenters. The molecule has 0 bridgehead atoms. The number of aromatic nitrogens is 2. The predicted molar refractivity (Wildman–Crippen MR) is 119 cm³/mol. The summed E-state index contributed by atoms with van der Waals surface area (Å²) in [6, 6.07) is 14.7. The van der Waals surface area contributed by atoms with Crippen LogP contribution in [0.2, 0.25) is 0 Å². The van der Waals surface area contributed by atoms with Crippen LogP contribution in [0.3, 0.4) is 0 Å². The van der Waals surface area contributed by atoms with Gasteiger partial charge in [0.2, 0.25) is 5.13 Å². The number of amides is 2. The fourth-order valence-electron chi connectivity index (χ4n) is 2.49. The van der Waals surface area contributed by atoms with Crippen molar-refractivity contribution in [3.8, 4) is 0 Å². The van der Waals surface area contributed by atoms with Crippen LogP contribution < -0.4 is 15.4 Å². The molecule has 11 heteroatoms. The molecule has 2 aromatic carbocycles. The number of nitrogens with zero attached hydrogens (tertiary/aromatic N) is 2. The van der Waals surface area contributed by atoms with Crippen LogP contribution in [0.15, 0.2) is 58.9 Å². The number of benzene rings is 2. The fourth-order valence-corrected chi connectivity index (χ4v) is 4.47. The molecule has 0 saturated carbocycles. The van der Waals surface area contributed by atoms with Crippen LogP contribution in [-0.2, 0) is 10.0 Å². The summed E-state index contributed by atoms with van der Waals surface area (Å²) < 4.78 is 27.6. The molecule has 31 heavy (non-hydrogen) atoms.